The molecule has 0 saturated heterocycles. The normalized spacial score (nSPS) is 35.6. The molecule has 1 unspecified atom stereocenters. The van der Waals surface area contributed by atoms with Gasteiger partial charge in [-0.15, -0.1) is 0 Å². The second-order valence-corrected chi connectivity index (χ2v) is 14.9. The van der Waals surface area contributed by atoms with E-state index < -0.39 is 0 Å². The summed E-state index contributed by atoms with van der Waals surface area (Å²) in [7, 11) is 1.42. The molecule has 6 rings (SSSR count). The van der Waals surface area contributed by atoms with Crippen LogP contribution in [0.1, 0.15) is 99.3 Å². The van der Waals surface area contributed by atoms with Gasteiger partial charge in [0.05, 0.1) is 18.2 Å². The number of hydrogen-bond acceptors (Lipinski definition) is 7. The minimum atomic E-state index is -0.383. The zero-order chi connectivity index (χ0) is 32.6. The Kier molecular flexibility index (Phi) is 9.15. The van der Waals surface area contributed by atoms with Gasteiger partial charge in [-0.2, -0.15) is 0 Å². The number of carbonyl (C=O) groups is 4. The van der Waals surface area contributed by atoms with E-state index in [1.807, 2.05) is 36.4 Å². The summed E-state index contributed by atoms with van der Waals surface area (Å²) in [6.07, 6.45) is 5.45. The maximum atomic E-state index is 13.7. The van der Waals surface area contributed by atoms with Crippen LogP contribution in [0.15, 0.2) is 60.7 Å². The van der Waals surface area contributed by atoms with Crippen molar-refractivity contribution in [1.82, 2.24) is 0 Å². The van der Waals surface area contributed by atoms with Crippen LogP contribution in [0.25, 0.3) is 0 Å². The van der Waals surface area contributed by atoms with Crippen molar-refractivity contribution < 1.29 is 33.4 Å². The summed E-state index contributed by atoms with van der Waals surface area (Å²) in [6, 6.07) is 18.3. The van der Waals surface area contributed by atoms with Gasteiger partial charge in [0.2, 0.25) is 0 Å². The van der Waals surface area contributed by atoms with Gasteiger partial charge < -0.3 is 14.2 Å². The predicted molar refractivity (Wildman–Crippen MR) is 173 cm³/mol. The van der Waals surface area contributed by atoms with Crippen LogP contribution in [-0.4, -0.2) is 43.0 Å². The van der Waals surface area contributed by atoms with Gasteiger partial charge in [0.25, 0.3) is 0 Å². The average molecular weight is 629 g/mol. The van der Waals surface area contributed by atoms with Crippen molar-refractivity contribution in [3.8, 4) is 0 Å². The molecule has 0 aliphatic heterocycles. The zero-order valence-electron chi connectivity index (χ0n) is 27.6. The van der Waals surface area contributed by atoms with E-state index in [0.29, 0.717) is 49.7 Å². The predicted octanol–water partition coefficient (Wildman–Crippen LogP) is 7.47. The van der Waals surface area contributed by atoms with Crippen molar-refractivity contribution >= 4 is 23.7 Å². The summed E-state index contributed by atoms with van der Waals surface area (Å²) in [6.45, 7) is 6.83. The molecule has 4 saturated carbocycles. The Bertz CT molecular complexity index is 1440. The molecule has 2 aromatic carbocycles. The van der Waals surface area contributed by atoms with Crippen LogP contribution in [0.4, 0.5) is 0 Å². The van der Waals surface area contributed by atoms with Crippen LogP contribution < -0.4 is 0 Å². The summed E-state index contributed by atoms with van der Waals surface area (Å²) >= 11 is 0. The molecule has 7 nitrogen and oxygen atoms in total. The second kappa shape index (κ2) is 13.0. The molecule has 7 heteroatoms. The molecule has 0 N–H and O–H groups in total. The molecule has 46 heavy (non-hydrogen) atoms. The van der Waals surface area contributed by atoms with Crippen LogP contribution in [0.5, 0.6) is 0 Å². The van der Waals surface area contributed by atoms with E-state index in [1.54, 1.807) is 24.3 Å². The smallest absolute Gasteiger partial charge is 0.338 e. The molecule has 246 valence electrons. The van der Waals surface area contributed by atoms with Gasteiger partial charge in [-0.05, 0) is 97.8 Å². The van der Waals surface area contributed by atoms with E-state index in [1.165, 1.54) is 7.11 Å². The van der Waals surface area contributed by atoms with Gasteiger partial charge in [0.15, 0.2) is 0 Å². The molecule has 2 aromatic rings. The Morgan fingerprint density at radius 3 is 2.13 bits per heavy atom. The summed E-state index contributed by atoms with van der Waals surface area (Å²) in [4.78, 5) is 52.2. The van der Waals surface area contributed by atoms with E-state index in [2.05, 4.69) is 20.8 Å². The lowest BCUT2D eigenvalue weighted by molar-refractivity contribution is -0.201. The highest BCUT2D eigenvalue weighted by molar-refractivity contribution is 5.90. The molecular formula is C39H48O7. The summed E-state index contributed by atoms with van der Waals surface area (Å²) in [5.41, 5.74) is 0.554. The quantitative estimate of drug-likeness (QED) is 0.221. The number of methoxy groups -OCH3 is 1. The number of ketones is 1. The summed E-state index contributed by atoms with van der Waals surface area (Å²) in [5.74, 6) is 0.295. The second-order valence-electron chi connectivity index (χ2n) is 14.9. The SMILES string of the molecule is COC(=O)CC[C@@H](C)[C@H]1CC[C@H]2[C@@H]3[C@H](OC(=O)c4ccccc4)CC4CC(=O)CC[C@]4(C)[C@H]3C[C@H](OC(=O)c3ccccc3)[C@]12C. The lowest BCUT2D eigenvalue weighted by Crippen LogP contribution is -2.63. The lowest BCUT2D eigenvalue weighted by Gasteiger charge is -2.63. The number of fused-ring (bicyclic) bond motifs is 5. The van der Waals surface area contributed by atoms with Gasteiger partial charge in [-0.3, -0.25) is 9.59 Å². The highest BCUT2D eigenvalue weighted by atomic mass is 16.6. The number of hydrogen-bond donors (Lipinski definition) is 0. The van der Waals surface area contributed by atoms with E-state index in [9.17, 15) is 19.2 Å². The molecule has 0 amide bonds. The van der Waals surface area contributed by atoms with E-state index in [0.717, 1.165) is 19.3 Å². The zero-order valence-corrected chi connectivity index (χ0v) is 27.6. The fourth-order valence-corrected chi connectivity index (χ4v) is 10.4. The highest BCUT2D eigenvalue weighted by Gasteiger charge is 2.67. The monoisotopic (exact) mass is 628 g/mol. The first kappa shape index (κ1) is 32.5. The fourth-order valence-electron chi connectivity index (χ4n) is 10.4. The van der Waals surface area contributed by atoms with E-state index in [-0.39, 0.29) is 82.2 Å². The van der Waals surface area contributed by atoms with Crippen LogP contribution in [0.2, 0.25) is 0 Å². The third-order valence-electron chi connectivity index (χ3n) is 12.9. The van der Waals surface area contributed by atoms with Crippen LogP contribution in [0.3, 0.4) is 0 Å². The maximum Gasteiger partial charge on any atom is 0.338 e. The number of rotatable bonds is 8. The molecule has 10 atom stereocenters. The molecule has 4 aliphatic carbocycles. The number of carbonyl (C=O) groups excluding carboxylic acids is 4. The van der Waals surface area contributed by atoms with Crippen molar-refractivity contribution in [2.24, 2.45) is 46.3 Å². The molecular weight excluding hydrogens is 580 g/mol. The lowest BCUT2D eigenvalue weighted by atomic mass is 9.43. The van der Waals surface area contributed by atoms with Crippen molar-refractivity contribution in [2.45, 2.75) is 90.8 Å². The molecule has 4 aliphatic rings. The van der Waals surface area contributed by atoms with Crippen LogP contribution in [-0.2, 0) is 23.8 Å². The van der Waals surface area contributed by atoms with E-state index in [4.69, 9.17) is 14.2 Å². The van der Waals surface area contributed by atoms with Crippen molar-refractivity contribution in [3.05, 3.63) is 71.8 Å². The van der Waals surface area contributed by atoms with Gasteiger partial charge in [0.1, 0.15) is 18.0 Å². The van der Waals surface area contributed by atoms with Crippen LogP contribution >= 0.6 is 0 Å². The fraction of sp³-hybridized carbons (Fsp3) is 0.590. The van der Waals surface area contributed by atoms with E-state index >= 15 is 0 Å². The highest BCUT2D eigenvalue weighted by Crippen LogP contribution is 2.69. The largest absolute Gasteiger partial charge is 0.469 e. The van der Waals surface area contributed by atoms with Gasteiger partial charge in [-0.25, -0.2) is 9.59 Å². The minimum Gasteiger partial charge on any atom is -0.469 e. The van der Waals surface area contributed by atoms with Gasteiger partial charge in [0, 0.05) is 30.6 Å². The van der Waals surface area contributed by atoms with Crippen molar-refractivity contribution in [2.75, 3.05) is 7.11 Å². The van der Waals surface area contributed by atoms with Gasteiger partial charge >= 0.3 is 17.9 Å². The summed E-state index contributed by atoms with van der Waals surface area (Å²) < 4.78 is 18.0. The third-order valence-corrected chi connectivity index (χ3v) is 12.9. The molecule has 0 aromatic heterocycles. The number of Topliss-reactive ketones (excluding diaryl/α,β-unsaturated/α-hetero) is 1. The Balaban J connectivity index is 1.39. The van der Waals surface area contributed by atoms with Gasteiger partial charge in [-0.1, -0.05) is 57.2 Å². The maximum absolute atomic E-state index is 13.7. The Morgan fingerprint density at radius 1 is 0.870 bits per heavy atom. The Labute approximate surface area is 272 Å². The molecule has 0 spiro atoms. The van der Waals surface area contributed by atoms with Crippen molar-refractivity contribution in [3.63, 3.8) is 0 Å². The van der Waals surface area contributed by atoms with Crippen molar-refractivity contribution in [1.29, 1.82) is 0 Å². The number of esters is 3. The molecule has 0 bridgehead atoms. The first-order chi connectivity index (χ1) is 22.1. The standard InChI is InChI=1S/C39H48O7/c1-24(15-18-34(41)44-4)29-16-17-30-35-31(23-33(39(29,30)3)46-37(43)26-13-9-6-10-14-26)38(2)20-19-28(40)21-27(38)22-32(35)45-36(42)25-11-7-5-8-12-25/h5-14,24,27,29-33,35H,15-23H2,1-4H3/t24-,27?,29-,30+,31+,32-,33+,35+,38+,39-/m1/s1. The molecule has 4 fully saturated rings. The first-order valence-electron chi connectivity index (χ1n) is 17.2. The molecule has 0 heterocycles. The minimum absolute atomic E-state index is 0.0802. The summed E-state index contributed by atoms with van der Waals surface area (Å²) in [5, 5.41) is 0. The topological polar surface area (TPSA) is 96.0 Å². The Hall–Kier alpha value is -3.48. The average Bonchev–Trinajstić information content (AvgIpc) is 3.43. The number of benzene rings is 2. The number of ether oxygens (including phenoxy) is 3. The Morgan fingerprint density at radius 2 is 1.50 bits per heavy atom. The molecule has 0 radical (unpaired) electrons. The third kappa shape index (κ3) is 5.79. The first-order valence-corrected chi connectivity index (χ1v) is 17.2. The van der Waals surface area contributed by atoms with Crippen LogP contribution in [0, 0.1) is 46.3 Å².